The molecular weight excluding hydrogens is 1870 g/mol. The molecule has 8 aromatic rings. The van der Waals surface area contributed by atoms with Crippen molar-refractivity contribution in [2.24, 2.45) is 0 Å². The molecule has 16 rings (SSSR count). The van der Waals surface area contributed by atoms with E-state index < -0.39 is 0 Å². The summed E-state index contributed by atoms with van der Waals surface area (Å²) in [4.78, 5) is 16.8. The van der Waals surface area contributed by atoms with Crippen LogP contribution in [0.5, 0.6) is 46.0 Å². The molecule has 0 fully saturated rings. The van der Waals surface area contributed by atoms with Gasteiger partial charge in [0.25, 0.3) is 0 Å². The first kappa shape index (κ1) is 99.0. The van der Waals surface area contributed by atoms with E-state index in [1.165, 1.54) is 69.9 Å². The number of ether oxygens (including phenoxy) is 8. The lowest BCUT2D eigenvalue weighted by atomic mass is 9.87. The Balaban J connectivity index is 0.827. The van der Waals surface area contributed by atoms with Crippen LogP contribution in [0.1, 0.15) is 236 Å². The Morgan fingerprint density at radius 2 is 0.325 bits per heavy atom. The molecule has 8 aliphatic rings. The van der Waals surface area contributed by atoms with Crippen molar-refractivity contribution >= 4 is 188 Å². The van der Waals surface area contributed by atoms with Gasteiger partial charge in [0.2, 0.25) is 0 Å². The van der Waals surface area contributed by atoms with E-state index in [1.807, 2.05) is 123 Å². The lowest BCUT2D eigenvalue weighted by Gasteiger charge is -2.28. The molecule has 0 unspecified atom stereocenters. The third-order valence-corrected chi connectivity index (χ3v) is 42.3. The molecule has 0 amide bonds. The Bertz CT molecular complexity index is 4690. The van der Waals surface area contributed by atoms with Crippen molar-refractivity contribution < 1.29 is 37.9 Å². The molecule has 0 aromatic heterocycles. The van der Waals surface area contributed by atoms with E-state index in [2.05, 4.69) is 263 Å². The summed E-state index contributed by atoms with van der Waals surface area (Å²) in [6, 6.07) is 38.0. The summed E-state index contributed by atoms with van der Waals surface area (Å²) < 4.78 is 64.9. The lowest BCUT2D eigenvalue weighted by molar-refractivity contribution is 0.303. The fraction of sp³-hybridized carbons (Fsp3) is 0.471. The molecule has 676 valence electrons. The third kappa shape index (κ3) is 23.4. The highest BCUT2D eigenvalue weighted by Gasteiger charge is 2.37. The second kappa shape index (κ2) is 40.1. The SMILES string of the molecule is COc1c2cc(C(C)(C)C)cc1Sc1cc(C(C)(C)C)cc3c1OCCCSC1=C(SCCCOc4c(cc(C(C)(C)C)cc4Sc4cc(C(C)(C)C)cc(c4OC)S3)S2)SC(=C2SC3=C(SCCCOc4c5cc(C(C)(C)C)cc4Sc4cc(C(C)(C)C)cc(c4OC)Sc4cc(C(C)(C)C)cc(c4OCCCS3)Sc3cc(C(C)(C)C)cc(c3OC)S5)S2)S1. The average molecular weight is 1990 g/mol. The Hall–Kier alpha value is -3.02. The minimum atomic E-state index is -0.194. The minimum absolute atomic E-state index is 0.178. The Kier molecular flexibility index (Phi) is 31.5. The number of hydrogen-bond donors (Lipinski definition) is 0. The fourth-order valence-electron chi connectivity index (χ4n) is 14.3. The second-order valence-corrected chi connectivity index (χ2v) is 59.1. The molecular formula is C102H124O8S16. The van der Waals surface area contributed by atoms with Gasteiger partial charge in [0.05, 0.1) is 159 Å². The van der Waals surface area contributed by atoms with Crippen LogP contribution in [0.3, 0.4) is 0 Å². The molecule has 24 heteroatoms. The van der Waals surface area contributed by atoms with Crippen LogP contribution < -0.4 is 37.9 Å². The molecule has 0 aliphatic carbocycles. The van der Waals surface area contributed by atoms with Gasteiger partial charge in [-0.2, -0.15) is 0 Å². The molecule has 8 heterocycles. The molecule has 0 atom stereocenters. The Morgan fingerprint density at radius 3 is 0.452 bits per heavy atom. The van der Waals surface area contributed by atoms with Crippen molar-refractivity contribution in [3.63, 3.8) is 0 Å². The normalized spacial score (nSPS) is 17.1. The highest BCUT2D eigenvalue weighted by molar-refractivity contribution is 8.45. The van der Waals surface area contributed by atoms with Gasteiger partial charge in [0, 0.05) is 23.0 Å². The molecule has 8 nitrogen and oxygen atoms in total. The molecule has 0 saturated carbocycles. The third-order valence-electron chi connectivity index (χ3n) is 22.0. The van der Waals surface area contributed by atoms with Gasteiger partial charge in [-0.15, -0.1) is 47.0 Å². The number of hydrogen-bond acceptors (Lipinski definition) is 24. The standard InChI is InChI=1S/C102H124O8S16/c1-95(2,3)57-41-65-81(103-25)66(42-57)116-74-50-62(100(16,17)18)52-76-86(74)108-34-30-38-112-90-89(111-37-29-33-107-85-73(115-65)49-61(99(13,14)15)51-75(85)117-67-43-58(96(4,5)6)44-68(118-76)82(67)104-26)123-93(124-90)94-125-91-92(126-94)114-40-32-36-110-88-78-54-64(102(22,23)24)56-80(88)122-72-48-60(98(10,11)12)47-71(84(72)106-28)121-79-55-63(101(19,20)21)53-77(87(79)109-35-31-39-113-91)119-69-45-59(97(7,8)9)46-70(120-78)83(69)105-27/h41-56H,29-40H2,1-28H3. The molecule has 8 aromatic carbocycles. The number of benzene rings is 8. The van der Waals surface area contributed by atoms with Crippen LogP contribution in [-0.4, -0.2) is 77.9 Å². The van der Waals surface area contributed by atoms with Crippen LogP contribution >= 0.6 is 188 Å². The quantitative estimate of drug-likeness (QED) is 0.168. The first-order valence-electron chi connectivity index (χ1n) is 43.3. The topological polar surface area (TPSA) is 73.8 Å². The lowest BCUT2D eigenvalue weighted by Crippen LogP contribution is -2.13. The van der Waals surface area contributed by atoms with Gasteiger partial charge < -0.3 is 37.9 Å². The molecule has 0 spiro atoms. The largest absolute Gasteiger partial charge is 0.494 e. The first-order valence-corrected chi connectivity index (χ1v) is 57.0. The van der Waals surface area contributed by atoms with E-state index in [4.69, 9.17) is 37.9 Å². The molecule has 0 radical (unpaired) electrons. The summed E-state index contributed by atoms with van der Waals surface area (Å²) in [7, 11) is 7.33. The predicted octanol–water partition coefficient (Wildman–Crippen LogP) is 35.0. The zero-order valence-electron chi connectivity index (χ0n) is 78.5. The summed E-state index contributed by atoms with van der Waals surface area (Å²) in [5.41, 5.74) is 8.33. The molecule has 20 bridgehead atoms. The van der Waals surface area contributed by atoms with Gasteiger partial charge in [0.1, 0.15) is 46.0 Å². The average Bonchev–Trinajstić information content (AvgIpc) is 0.807. The van der Waals surface area contributed by atoms with Crippen molar-refractivity contribution in [1.29, 1.82) is 0 Å². The van der Waals surface area contributed by atoms with Gasteiger partial charge in [-0.3, -0.25) is 0 Å². The van der Waals surface area contributed by atoms with Gasteiger partial charge in [-0.1, -0.05) is 307 Å². The van der Waals surface area contributed by atoms with E-state index in [9.17, 15) is 0 Å². The maximum atomic E-state index is 7.48. The predicted molar refractivity (Wildman–Crippen MR) is 562 cm³/mol. The maximum absolute atomic E-state index is 7.48. The van der Waals surface area contributed by atoms with Crippen molar-refractivity contribution in [2.75, 3.05) is 77.9 Å². The Morgan fingerprint density at radius 1 is 0.190 bits per heavy atom. The second-order valence-electron chi connectivity index (χ2n) is 40.4. The van der Waals surface area contributed by atoms with Crippen LogP contribution in [0, 0.1) is 0 Å². The van der Waals surface area contributed by atoms with E-state index in [1.54, 1.807) is 94.1 Å². The van der Waals surface area contributed by atoms with Crippen molar-refractivity contribution in [3.8, 4) is 46.0 Å². The van der Waals surface area contributed by atoms with E-state index in [0.717, 1.165) is 173 Å². The van der Waals surface area contributed by atoms with Gasteiger partial charge >= 0.3 is 0 Å². The van der Waals surface area contributed by atoms with Gasteiger partial charge in [0.15, 0.2) is 0 Å². The van der Waals surface area contributed by atoms with Gasteiger partial charge in [-0.05, 0) is 211 Å². The summed E-state index contributed by atoms with van der Waals surface area (Å²) in [5, 5.41) is 0. The monoisotopic (exact) mass is 1990 g/mol. The maximum Gasteiger partial charge on any atom is 0.147 e. The molecule has 0 saturated heterocycles. The van der Waals surface area contributed by atoms with Crippen LogP contribution in [0.25, 0.3) is 0 Å². The van der Waals surface area contributed by atoms with Crippen molar-refractivity contribution in [3.05, 3.63) is 167 Å². The van der Waals surface area contributed by atoms with Crippen molar-refractivity contribution in [2.45, 2.75) is 314 Å². The fourth-order valence-corrected chi connectivity index (χ4v) is 36.0. The number of fused-ring (bicyclic) bond motifs is 16. The van der Waals surface area contributed by atoms with E-state index in [0.29, 0.717) is 26.4 Å². The highest BCUT2D eigenvalue weighted by atomic mass is 32.3. The summed E-state index contributed by atoms with van der Waals surface area (Å²) in [6.07, 6.45) is 3.34. The molecule has 0 N–H and O–H groups in total. The number of thioether (sulfide) groups is 8. The smallest absolute Gasteiger partial charge is 0.147 e. The highest BCUT2D eigenvalue weighted by Crippen LogP contribution is 2.68. The number of rotatable bonds is 4. The van der Waals surface area contributed by atoms with E-state index >= 15 is 0 Å². The zero-order valence-corrected chi connectivity index (χ0v) is 91.6. The van der Waals surface area contributed by atoms with Gasteiger partial charge in [-0.25, -0.2) is 0 Å². The summed E-state index contributed by atoms with van der Waals surface area (Å²) in [6.45, 7) is 57.7. The first-order chi connectivity index (χ1) is 59.2. The Labute approximate surface area is 821 Å². The molecule has 126 heavy (non-hydrogen) atoms. The summed E-state index contributed by atoms with van der Waals surface area (Å²) >= 11 is 29.9. The number of methoxy groups -OCH3 is 4. The zero-order chi connectivity index (χ0) is 90.7. The molecule has 8 aliphatic heterocycles. The van der Waals surface area contributed by atoms with Crippen LogP contribution in [-0.2, 0) is 43.3 Å². The van der Waals surface area contributed by atoms with Crippen LogP contribution in [0.4, 0.5) is 0 Å². The van der Waals surface area contributed by atoms with Crippen LogP contribution in [0.15, 0.2) is 201 Å². The minimum Gasteiger partial charge on any atom is -0.494 e. The van der Waals surface area contributed by atoms with Crippen LogP contribution in [0.2, 0.25) is 0 Å². The van der Waals surface area contributed by atoms with Crippen molar-refractivity contribution in [1.82, 2.24) is 0 Å². The summed E-state index contributed by atoms with van der Waals surface area (Å²) in [5.74, 6) is 10.4. The van der Waals surface area contributed by atoms with E-state index in [-0.39, 0.29) is 43.3 Å².